The summed E-state index contributed by atoms with van der Waals surface area (Å²) in [5, 5.41) is 3.16. The summed E-state index contributed by atoms with van der Waals surface area (Å²) in [5.41, 5.74) is 1.16. The predicted molar refractivity (Wildman–Crippen MR) is 126 cm³/mol. The molecule has 0 aliphatic heterocycles. The van der Waals surface area contributed by atoms with Crippen LogP contribution >= 0.6 is 11.6 Å². The fraction of sp³-hybridized carbons (Fsp3) is 0.174. The van der Waals surface area contributed by atoms with E-state index in [1.165, 1.54) is 51.7 Å². The van der Waals surface area contributed by atoms with Gasteiger partial charge >= 0.3 is 0 Å². The fourth-order valence-corrected chi connectivity index (χ4v) is 4.36. The highest BCUT2D eigenvalue weighted by molar-refractivity contribution is 7.92. The normalized spacial score (nSPS) is 10.9. The average Bonchev–Trinajstić information content (AvgIpc) is 2.81. The third kappa shape index (κ3) is 5.88. The lowest BCUT2D eigenvalue weighted by Gasteiger charge is -2.15. The number of methoxy groups -OCH3 is 3. The van der Waals surface area contributed by atoms with E-state index in [9.17, 15) is 13.2 Å². The van der Waals surface area contributed by atoms with Crippen LogP contribution in [0.15, 0.2) is 65.6 Å². The third-order valence-electron chi connectivity index (χ3n) is 4.71. The predicted octanol–water partition coefficient (Wildman–Crippen LogP) is 4.10. The molecule has 0 heterocycles. The van der Waals surface area contributed by atoms with Gasteiger partial charge in [-0.1, -0.05) is 23.7 Å². The summed E-state index contributed by atoms with van der Waals surface area (Å²) in [6.45, 7) is 0.125. The number of carbonyl (C=O) groups excluding carboxylic acids is 1. The molecule has 3 aromatic carbocycles. The van der Waals surface area contributed by atoms with Gasteiger partial charge in [0.05, 0.1) is 31.9 Å². The van der Waals surface area contributed by atoms with Crippen LogP contribution in [-0.2, 0) is 16.6 Å². The molecule has 3 aromatic rings. The molecular weight excluding hydrogens is 468 g/mol. The molecule has 0 atom stereocenters. The second-order valence-electron chi connectivity index (χ2n) is 6.85. The Morgan fingerprint density at radius 2 is 1.55 bits per heavy atom. The minimum Gasteiger partial charge on any atom is -0.496 e. The molecule has 0 aliphatic carbocycles. The average molecular weight is 491 g/mol. The zero-order valence-electron chi connectivity index (χ0n) is 18.2. The van der Waals surface area contributed by atoms with Crippen LogP contribution in [0.5, 0.6) is 17.2 Å². The first-order valence-electron chi connectivity index (χ1n) is 9.73. The monoisotopic (exact) mass is 490 g/mol. The van der Waals surface area contributed by atoms with Crippen molar-refractivity contribution in [2.75, 3.05) is 26.1 Å². The lowest BCUT2D eigenvalue weighted by Crippen LogP contribution is -2.23. The van der Waals surface area contributed by atoms with Crippen molar-refractivity contribution in [1.29, 1.82) is 0 Å². The standard InChI is InChI=1S/C23H23ClN2O6S/c1-30-20-13-22(32-3)21(31-2)11-16(20)14-25-23(27)15-6-4-9-19(10-15)33(28,29)26-18-8-5-7-17(24)12-18/h4-13,26H,14H2,1-3H3,(H,25,27). The second kappa shape index (κ2) is 10.5. The molecule has 0 spiro atoms. The number of halogens is 1. The number of carbonyl (C=O) groups is 1. The van der Waals surface area contributed by atoms with E-state index in [2.05, 4.69) is 10.0 Å². The Kier molecular flexibility index (Phi) is 7.67. The number of hydrogen-bond donors (Lipinski definition) is 2. The number of amides is 1. The molecule has 2 N–H and O–H groups in total. The Bertz CT molecular complexity index is 1260. The lowest BCUT2D eigenvalue weighted by molar-refractivity contribution is 0.0950. The van der Waals surface area contributed by atoms with Gasteiger partial charge in [0.2, 0.25) is 0 Å². The molecule has 174 valence electrons. The van der Waals surface area contributed by atoms with Crippen LogP contribution in [0.4, 0.5) is 5.69 Å². The maximum Gasteiger partial charge on any atom is 0.261 e. The Labute approximate surface area is 197 Å². The van der Waals surface area contributed by atoms with Gasteiger partial charge in [0, 0.05) is 28.8 Å². The molecule has 0 aliphatic rings. The summed E-state index contributed by atoms with van der Waals surface area (Å²) in [4.78, 5) is 12.7. The molecule has 0 saturated carbocycles. The Balaban J connectivity index is 1.77. The van der Waals surface area contributed by atoms with Crippen molar-refractivity contribution in [3.8, 4) is 17.2 Å². The molecule has 0 saturated heterocycles. The largest absolute Gasteiger partial charge is 0.496 e. The van der Waals surface area contributed by atoms with Crippen molar-refractivity contribution in [1.82, 2.24) is 5.32 Å². The van der Waals surface area contributed by atoms with Gasteiger partial charge in [0.1, 0.15) is 5.75 Å². The SMILES string of the molecule is COc1cc(OC)c(OC)cc1CNC(=O)c1cccc(S(=O)(=O)Nc2cccc(Cl)c2)c1. The van der Waals surface area contributed by atoms with Gasteiger partial charge < -0.3 is 19.5 Å². The van der Waals surface area contributed by atoms with Crippen LogP contribution in [0.2, 0.25) is 5.02 Å². The summed E-state index contributed by atoms with van der Waals surface area (Å²) in [6.07, 6.45) is 0. The zero-order chi connectivity index (χ0) is 24.0. The van der Waals surface area contributed by atoms with Crippen molar-refractivity contribution in [3.63, 3.8) is 0 Å². The summed E-state index contributed by atoms with van der Waals surface area (Å²) in [7, 11) is 0.613. The molecule has 8 nitrogen and oxygen atoms in total. The number of ether oxygens (including phenoxy) is 3. The molecule has 0 radical (unpaired) electrons. The second-order valence-corrected chi connectivity index (χ2v) is 8.96. The quantitative estimate of drug-likeness (QED) is 0.468. The smallest absolute Gasteiger partial charge is 0.261 e. The van der Waals surface area contributed by atoms with Crippen LogP contribution in [0.25, 0.3) is 0 Å². The van der Waals surface area contributed by atoms with Crippen LogP contribution in [0.3, 0.4) is 0 Å². The molecule has 3 rings (SSSR count). The van der Waals surface area contributed by atoms with Gasteiger partial charge in [-0.15, -0.1) is 0 Å². The van der Waals surface area contributed by atoms with Crippen molar-refractivity contribution in [3.05, 3.63) is 76.8 Å². The minimum absolute atomic E-state index is 0.0566. The summed E-state index contributed by atoms with van der Waals surface area (Å²) in [5.74, 6) is 1.04. The highest BCUT2D eigenvalue weighted by Gasteiger charge is 2.18. The van der Waals surface area contributed by atoms with Crippen molar-refractivity contribution < 1.29 is 27.4 Å². The van der Waals surface area contributed by atoms with E-state index in [0.29, 0.717) is 33.5 Å². The maximum atomic E-state index is 12.8. The van der Waals surface area contributed by atoms with Gasteiger partial charge in [-0.2, -0.15) is 0 Å². The van der Waals surface area contributed by atoms with Crippen molar-refractivity contribution in [2.45, 2.75) is 11.4 Å². The summed E-state index contributed by atoms with van der Waals surface area (Å²) in [6, 6.07) is 15.4. The first-order valence-corrected chi connectivity index (χ1v) is 11.6. The fourth-order valence-electron chi connectivity index (χ4n) is 3.08. The molecule has 0 unspecified atom stereocenters. The molecular formula is C23H23ClN2O6S. The summed E-state index contributed by atoms with van der Waals surface area (Å²) >= 11 is 5.92. The van der Waals surface area contributed by atoms with E-state index >= 15 is 0 Å². The highest BCUT2D eigenvalue weighted by atomic mass is 35.5. The maximum absolute atomic E-state index is 12.8. The minimum atomic E-state index is -3.92. The van der Waals surface area contributed by atoms with E-state index in [4.69, 9.17) is 25.8 Å². The van der Waals surface area contributed by atoms with E-state index in [-0.39, 0.29) is 17.0 Å². The van der Waals surface area contributed by atoms with Crippen LogP contribution in [0, 0.1) is 0 Å². The van der Waals surface area contributed by atoms with Gasteiger partial charge in [0.15, 0.2) is 11.5 Å². The molecule has 0 aromatic heterocycles. The van der Waals surface area contributed by atoms with Crippen LogP contribution < -0.4 is 24.2 Å². The van der Waals surface area contributed by atoms with Crippen LogP contribution in [0.1, 0.15) is 15.9 Å². The molecule has 1 amide bonds. The van der Waals surface area contributed by atoms with E-state index in [0.717, 1.165) is 0 Å². The summed E-state index contributed by atoms with van der Waals surface area (Å²) < 4.78 is 43.9. The zero-order valence-corrected chi connectivity index (χ0v) is 19.8. The van der Waals surface area contributed by atoms with Gasteiger partial charge in [-0.05, 0) is 42.5 Å². The number of rotatable bonds is 9. The molecule has 0 bridgehead atoms. The first kappa shape index (κ1) is 24.2. The Hall–Kier alpha value is -3.43. The van der Waals surface area contributed by atoms with E-state index < -0.39 is 15.9 Å². The van der Waals surface area contributed by atoms with Gasteiger partial charge in [-0.25, -0.2) is 8.42 Å². The lowest BCUT2D eigenvalue weighted by atomic mass is 10.1. The third-order valence-corrected chi connectivity index (χ3v) is 6.32. The highest BCUT2D eigenvalue weighted by Crippen LogP contribution is 2.34. The molecule has 0 fully saturated rings. The number of hydrogen-bond acceptors (Lipinski definition) is 6. The van der Waals surface area contributed by atoms with Crippen LogP contribution in [-0.4, -0.2) is 35.7 Å². The Morgan fingerprint density at radius 1 is 0.879 bits per heavy atom. The number of anilines is 1. The Morgan fingerprint density at radius 3 is 2.21 bits per heavy atom. The molecule has 33 heavy (non-hydrogen) atoms. The topological polar surface area (TPSA) is 103 Å². The first-order chi connectivity index (χ1) is 15.8. The van der Waals surface area contributed by atoms with E-state index in [1.54, 1.807) is 30.3 Å². The molecule has 10 heteroatoms. The van der Waals surface area contributed by atoms with Gasteiger partial charge in [-0.3, -0.25) is 9.52 Å². The van der Waals surface area contributed by atoms with Crippen molar-refractivity contribution in [2.24, 2.45) is 0 Å². The number of benzene rings is 3. The number of nitrogens with one attached hydrogen (secondary N) is 2. The van der Waals surface area contributed by atoms with E-state index in [1.807, 2.05) is 0 Å². The number of sulfonamides is 1. The van der Waals surface area contributed by atoms with Crippen molar-refractivity contribution >= 4 is 33.2 Å². The van der Waals surface area contributed by atoms with Gasteiger partial charge in [0.25, 0.3) is 15.9 Å².